The number of hydrogen-bond acceptors (Lipinski definition) is 5. The van der Waals surface area contributed by atoms with Crippen LogP contribution in [-0.2, 0) is 6.61 Å². The molecular formula is C11H13I3N2O4. The van der Waals surface area contributed by atoms with Crippen molar-refractivity contribution in [3.05, 3.63) is 21.8 Å². The summed E-state index contributed by atoms with van der Waals surface area (Å²) in [5.41, 5.74) is 7.38. The smallest absolute Gasteiger partial charge is 0.253 e. The minimum absolute atomic E-state index is 0.0537. The number of aliphatic hydroxyl groups excluding tert-OH is 3. The van der Waals surface area contributed by atoms with Crippen LogP contribution in [0.2, 0.25) is 0 Å². The molecule has 1 atom stereocenters. The molecule has 1 rings (SSSR count). The molecule has 0 aliphatic rings. The van der Waals surface area contributed by atoms with Crippen LogP contribution in [0.3, 0.4) is 0 Å². The van der Waals surface area contributed by atoms with Crippen LogP contribution >= 0.6 is 67.8 Å². The first kappa shape index (κ1) is 18.6. The molecule has 112 valence electrons. The maximum absolute atomic E-state index is 12.2. The van der Waals surface area contributed by atoms with E-state index in [2.05, 4.69) is 5.32 Å². The van der Waals surface area contributed by atoms with Gasteiger partial charge in [-0.3, -0.25) is 4.79 Å². The highest BCUT2D eigenvalue weighted by molar-refractivity contribution is 14.1. The normalized spacial score (nSPS) is 12.3. The largest absolute Gasteiger partial charge is 0.397 e. The van der Waals surface area contributed by atoms with E-state index >= 15 is 0 Å². The zero-order chi connectivity index (χ0) is 15.4. The van der Waals surface area contributed by atoms with Gasteiger partial charge >= 0.3 is 0 Å². The second-order valence-electron chi connectivity index (χ2n) is 3.91. The van der Waals surface area contributed by atoms with Crippen molar-refractivity contribution in [1.29, 1.82) is 0 Å². The fourth-order valence-corrected chi connectivity index (χ4v) is 5.44. The van der Waals surface area contributed by atoms with Crippen LogP contribution < -0.4 is 11.1 Å². The molecule has 0 saturated carbocycles. The number of aliphatic hydroxyl groups is 3. The quantitative estimate of drug-likeness (QED) is 0.246. The number of hydrogen-bond donors (Lipinski definition) is 5. The predicted octanol–water partition coefficient (Wildman–Crippen LogP) is 0.658. The molecule has 0 radical (unpaired) electrons. The van der Waals surface area contributed by atoms with E-state index in [0.717, 1.165) is 3.57 Å². The minimum Gasteiger partial charge on any atom is -0.397 e. The summed E-state index contributed by atoms with van der Waals surface area (Å²) >= 11 is 6.01. The monoisotopic (exact) mass is 618 g/mol. The molecule has 20 heavy (non-hydrogen) atoms. The first-order valence-corrected chi connectivity index (χ1v) is 8.71. The maximum Gasteiger partial charge on any atom is 0.253 e. The molecule has 0 aromatic heterocycles. The van der Waals surface area contributed by atoms with Crippen LogP contribution in [0.15, 0.2) is 0 Å². The van der Waals surface area contributed by atoms with Gasteiger partial charge in [0.2, 0.25) is 0 Å². The highest BCUT2D eigenvalue weighted by Gasteiger charge is 2.23. The van der Waals surface area contributed by atoms with Crippen molar-refractivity contribution in [3.8, 4) is 0 Å². The molecular weight excluding hydrogens is 605 g/mol. The Morgan fingerprint density at radius 2 is 1.80 bits per heavy atom. The number of anilines is 1. The molecule has 1 unspecified atom stereocenters. The molecule has 0 fully saturated rings. The lowest BCUT2D eigenvalue weighted by molar-refractivity contribution is 0.0800. The Morgan fingerprint density at radius 1 is 1.20 bits per heavy atom. The summed E-state index contributed by atoms with van der Waals surface area (Å²) in [5.74, 6) is -0.399. The van der Waals surface area contributed by atoms with E-state index in [1.165, 1.54) is 0 Å². The lowest BCUT2D eigenvalue weighted by Crippen LogP contribution is -2.35. The standard InChI is InChI=1S/C11H13I3N2O4/c12-7-5(3-18)8(13)10(15)9(14)6(7)11(20)16-1-4(19)2-17/h4,17-19H,1-3,15H2,(H,16,20). The number of rotatable bonds is 5. The third-order valence-corrected chi connectivity index (χ3v) is 6.08. The van der Waals surface area contributed by atoms with E-state index < -0.39 is 18.6 Å². The summed E-state index contributed by atoms with van der Waals surface area (Å²) in [6, 6.07) is 0. The Bertz CT molecular complexity index is 525. The number of carbonyl (C=O) groups excluding carboxylic acids is 1. The van der Waals surface area contributed by atoms with Crippen LogP contribution in [-0.4, -0.2) is 40.5 Å². The fourth-order valence-electron chi connectivity index (χ4n) is 1.44. The summed E-state index contributed by atoms with van der Waals surface area (Å²) in [6.07, 6.45) is -1.01. The Morgan fingerprint density at radius 3 is 2.30 bits per heavy atom. The Kier molecular flexibility index (Phi) is 7.69. The molecule has 0 spiro atoms. The maximum atomic E-state index is 12.2. The lowest BCUT2D eigenvalue weighted by atomic mass is 10.1. The van der Waals surface area contributed by atoms with Gasteiger partial charge in [0.25, 0.3) is 5.91 Å². The Labute approximate surface area is 156 Å². The summed E-state index contributed by atoms with van der Waals surface area (Å²) in [5, 5.41) is 29.9. The van der Waals surface area contributed by atoms with Gasteiger partial charge < -0.3 is 26.4 Å². The van der Waals surface area contributed by atoms with E-state index in [0.29, 0.717) is 24.0 Å². The van der Waals surface area contributed by atoms with E-state index in [-0.39, 0.29) is 13.2 Å². The van der Waals surface area contributed by atoms with Crippen molar-refractivity contribution in [2.45, 2.75) is 12.7 Å². The molecule has 0 bridgehead atoms. The van der Waals surface area contributed by atoms with Crippen LogP contribution in [0, 0.1) is 10.7 Å². The zero-order valence-corrected chi connectivity index (χ0v) is 16.6. The second-order valence-corrected chi connectivity index (χ2v) is 7.15. The highest BCUT2D eigenvalue weighted by Crippen LogP contribution is 2.33. The Hall–Kier alpha value is 0.560. The molecule has 1 amide bonds. The average molecular weight is 618 g/mol. The van der Waals surface area contributed by atoms with Crippen LogP contribution in [0.4, 0.5) is 5.69 Å². The van der Waals surface area contributed by atoms with Gasteiger partial charge in [0.15, 0.2) is 0 Å². The van der Waals surface area contributed by atoms with E-state index in [9.17, 15) is 15.0 Å². The van der Waals surface area contributed by atoms with Crippen LogP contribution in [0.25, 0.3) is 0 Å². The van der Waals surface area contributed by atoms with Crippen molar-refractivity contribution < 1.29 is 20.1 Å². The van der Waals surface area contributed by atoms with Crippen molar-refractivity contribution in [3.63, 3.8) is 0 Å². The molecule has 6 nitrogen and oxygen atoms in total. The van der Waals surface area contributed by atoms with Crippen molar-refractivity contribution in [2.24, 2.45) is 0 Å². The summed E-state index contributed by atoms with van der Waals surface area (Å²) in [4.78, 5) is 12.2. The van der Waals surface area contributed by atoms with Gasteiger partial charge in [-0.15, -0.1) is 0 Å². The number of benzene rings is 1. The molecule has 6 N–H and O–H groups in total. The number of amides is 1. The Balaban J connectivity index is 3.18. The number of nitrogen functional groups attached to an aromatic ring is 1. The summed E-state index contributed by atoms with van der Waals surface area (Å²) < 4.78 is 1.96. The first-order chi connectivity index (χ1) is 9.34. The summed E-state index contributed by atoms with van der Waals surface area (Å²) in [6.45, 7) is -0.690. The van der Waals surface area contributed by atoms with Gasteiger partial charge in [0.1, 0.15) is 0 Å². The molecule has 1 aromatic rings. The number of nitrogens with one attached hydrogen (secondary N) is 1. The minimum atomic E-state index is -1.01. The van der Waals surface area contributed by atoms with Gasteiger partial charge in [-0.1, -0.05) is 0 Å². The van der Waals surface area contributed by atoms with Gasteiger partial charge in [0.05, 0.1) is 34.1 Å². The molecule has 1 aromatic carbocycles. The number of carbonyl (C=O) groups is 1. The molecule has 0 heterocycles. The van der Waals surface area contributed by atoms with Gasteiger partial charge in [-0.2, -0.15) is 0 Å². The van der Waals surface area contributed by atoms with Crippen LogP contribution in [0.5, 0.6) is 0 Å². The van der Waals surface area contributed by atoms with E-state index in [4.69, 9.17) is 10.8 Å². The number of nitrogens with two attached hydrogens (primary N) is 1. The van der Waals surface area contributed by atoms with Crippen LogP contribution in [0.1, 0.15) is 15.9 Å². The first-order valence-electron chi connectivity index (χ1n) is 5.47. The van der Waals surface area contributed by atoms with E-state index in [1.54, 1.807) is 0 Å². The lowest BCUT2D eigenvalue weighted by Gasteiger charge is -2.16. The van der Waals surface area contributed by atoms with Gasteiger partial charge in [0, 0.05) is 19.2 Å². The third-order valence-electron chi connectivity index (χ3n) is 2.54. The fraction of sp³-hybridized carbons (Fsp3) is 0.364. The highest BCUT2D eigenvalue weighted by atomic mass is 127. The van der Waals surface area contributed by atoms with Gasteiger partial charge in [-0.05, 0) is 67.8 Å². The SMILES string of the molecule is Nc1c(I)c(CO)c(I)c(C(=O)NCC(O)CO)c1I. The zero-order valence-electron chi connectivity index (χ0n) is 10.2. The second kappa shape index (κ2) is 8.26. The molecule has 0 aliphatic carbocycles. The average Bonchev–Trinajstić information content (AvgIpc) is 2.43. The molecule has 0 saturated heterocycles. The molecule has 0 aliphatic heterocycles. The van der Waals surface area contributed by atoms with E-state index in [1.807, 2.05) is 67.8 Å². The summed E-state index contributed by atoms with van der Waals surface area (Å²) in [7, 11) is 0. The third kappa shape index (κ3) is 4.06. The topological polar surface area (TPSA) is 116 Å². The van der Waals surface area contributed by atoms with Crippen molar-refractivity contribution >= 4 is 79.4 Å². The van der Waals surface area contributed by atoms with Crippen molar-refractivity contribution in [1.82, 2.24) is 5.32 Å². The van der Waals surface area contributed by atoms with Crippen molar-refractivity contribution in [2.75, 3.05) is 18.9 Å². The predicted molar refractivity (Wildman–Crippen MR) is 100 cm³/mol. The molecule has 9 heteroatoms. The number of halogens is 3. The van der Waals surface area contributed by atoms with Gasteiger partial charge in [-0.25, -0.2) is 0 Å².